The Bertz CT molecular complexity index is 1050. The Labute approximate surface area is 190 Å². The van der Waals surface area contributed by atoms with Crippen molar-refractivity contribution in [2.75, 3.05) is 26.2 Å². The van der Waals surface area contributed by atoms with Gasteiger partial charge >= 0.3 is 0 Å². The van der Waals surface area contributed by atoms with E-state index in [2.05, 4.69) is 82.6 Å². The van der Waals surface area contributed by atoms with Gasteiger partial charge in [0.1, 0.15) is 0 Å². The second kappa shape index (κ2) is 9.29. The van der Waals surface area contributed by atoms with E-state index in [-0.39, 0.29) is 11.8 Å². The molecule has 0 N–H and O–H groups in total. The Morgan fingerprint density at radius 2 is 1.75 bits per heavy atom. The van der Waals surface area contributed by atoms with Crippen molar-refractivity contribution in [1.29, 1.82) is 0 Å². The Morgan fingerprint density at radius 1 is 1.00 bits per heavy atom. The van der Waals surface area contributed by atoms with Crippen LogP contribution >= 0.6 is 0 Å². The van der Waals surface area contributed by atoms with Gasteiger partial charge in [-0.3, -0.25) is 14.4 Å². The molecule has 1 amide bonds. The molecule has 2 aromatic carbocycles. The normalized spacial score (nSPS) is 19.7. The summed E-state index contributed by atoms with van der Waals surface area (Å²) in [6.45, 7) is 6.96. The molecular formula is C27H32N4O. The number of amides is 1. The van der Waals surface area contributed by atoms with Crippen LogP contribution in [-0.4, -0.2) is 51.7 Å². The van der Waals surface area contributed by atoms with E-state index in [1.807, 2.05) is 10.9 Å². The number of carbonyl (C=O) groups is 1. The molecule has 3 heterocycles. The summed E-state index contributed by atoms with van der Waals surface area (Å²) >= 11 is 0. The Kier molecular flexibility index (Phi) is 6.08. The maximum absolute atomic E-state index is 13.3. The molecule has 32 heavy (non-hydrogen) atoms. The van der Waals surface area contributed by atoms with Crippen molar-refractivity contribution in [3.63, 3.8) is 0 Å². The highest BCUT2D eigenvalue weighted by Crippen LogP contribution is 2.34. The zero-order valence-electron chi connectivity index (χ0n) is 18.9. The van der Waals surface area contributed by atoms with Crippen LogP contribution in [0.2, 0.25) is 0 Å². The molecule has 0 saturated carbocycles. The fraction of sp³-hybridized carbons (Fsp3) is 0.407. The van der Waals surface area contributed by atoms with Gasteiger partial charge in [-0.25, -0.2) is 0 Å². The van der Waals surface area contributed by atoms with E-state index in [0.717, 1.165) is 39.0 Å². The van der Waals surface area contributed by atoms with E-state index in [4.69, 9.17) is 0 Å². The number of hydrogen-bond donors (Lipinski definition) is 0. The van der Waals surface area contributed by atoms with Gasteiger partial charge in [0.15, 0.2) is 0 Å². The average Bonchev–Trinajstić information content (AvgIpc) is 3.34. The van der Waals surface area contributed by atoms with Crippen LogP contribution in [0.25, 0.3) is 0 Å². The van der Waals surface area contributed by atoms with E-state index in [9.17, 15) is 4.79 Å². The second-order valence-corrected chi connectivity index (χ2v) is 9.12. The summed E-state index contributed by atoms with van der Waals surface area (Å²) in [6, 6.07) is 19.2. The Balaban J connectivity index is 1.23. The number of aromatic nitrogens is 2. The van der Waals surface area contributed by atoms with Crippen LogP contribution in [-0.2, 0) is 17.9 Å². The van der Waals surface area contributed by atoms with Gasteiger partial charge in [0.2, 0.25) is 5.91 Å². The van der Waals surface area contributed by atoms with Crippen LogP contribution in [0.3, 0.4) is 0 Å². The minimum atomic E-state index is 0.242. The molecule has 2 aliphatic rings. The number of hydrogen-bond acceptors (Lipinski definition) is 3. The summed E-state index contributed by atoms with van der Waals surface area (Å²) in [5.41, 5.74) is 5.26. The molecule has 1 fully saturated rings. The summed E-state index contributed by atoms with van der Waals surface area (Å²) in [7, 11) is 0. The van der Waals surface area contributed by atoms with Gasteiger partial charge in [-0.05, 0) is 61.0 Å². The van der Waals surface area contributed by atoms with Gasteiger partial charge in [-0.15, -0.1) is 0 Å². The lowest BCUT2D eigenvalue weighted by Crippen LogP contribution is -2.45. The Hall–Kier alpha value is -2.92. The third kappa shape index (κ3) is 4.35. The molecule has 5 heteroatoms. The van der Waals surface area contributed by atoms with Gasteiger partial charge in [-0.1, -0.05) is 54.6 Å². The van der Waals surface area contributed by atoms with Crippen LogP contribution in [0.5, 0.6) is 0 Å². The van der Waals surface area contributed by atoms with Gasteiger partial charge < -0.3 is 4.90 Å². The SMILES string of the molecule is CCn1cc(C2CCN(CC(=O)N3Cc4ccccc4C(c4ccccc4)C3)CC2)cn1. The van der Waals surface area contributed by atoms with E-state index in [1.54, 1.807) is 0 Å². The molecule has 1 unspecified atom stereocenters. The number of likely N-dealkylation sites (tertiary alicyclic amines) is 1. The minimum Gasteiger partial charge on any atom is -0.336 e. The van der Waals surface area contributed by atoms with Crippen LogP contribution in [0, 0.1) is 0 Å². The summed E-state index contributed by atoms with van der Waals surface area (Å²) in [5.74, 6) is 1.05. The van der Waals surface area contributed by atoms with Crippen molar-refractivity contribution in [3.05, 3.63) is 89.2 Å². The molecule has 1 saturated heterocycles. The lowest BCUT2D eigenvalue weighted by molar-refractivity contribution is -0.133. The molecule has 166 valence electrons. The number of fused-ring (bicyclic) bond motifs is 1. The summed E-state index contributed by atoms with van der Waals surface area (Å²) in [4.78, 5) is 17.7. The number of aryl methyl sites for hydroxylation is 1. The average molecular weight is 429 g/mol. The third-order valence-electron chi connectivity index (χ3n) is 7.14. The van der Waals surface area contributed by atoms with Gasteiger partial charge in [0, 0.05) is 31.7 Å². The second-order valence-electron chi connectivity index (χ2n) is 9.12. The smallest absolute Gasteiger partial charge is 0.237 e. The molecule has 5 rings (SSSR count). The molecule has 1 atom stereocenters. The van der Waals surface area contributed by atoms with Crippen molar-refractivity contribution < 1.29 is 4.79 Å². The number of rotatable bonds is 5. The first-order valence-electron chi connectivity index (χ1n) is 11.9. The van der Waals surface area contributed by atoms with Gasteiger partial charge in [-0.2, -0.15) is 5.10 Å². The van der Waals surface area contributed by atoms with Crippen molar-refractivity contribution in [2.45, 2.75) is 44.7 Å². The van der Waals surface area contributed by atoms with Crippen molar-refractivity contribution >= 4 is 5.91 Å². The van der Waals surface area contributed by atoms with Crippen LogP contribution < -0.4 is 0 Å². The van der Waals surface area contributed by atoms with Crippen molar-refractivity contribution in [3.8, 4) is 0 Å². The number of piperidine rings is 1. The first-order chi connectivity index (χ1) is 15.7. The van der Waals surface area contributed by atoms with E-state index >= 15 is 0 Å². The van der Waals surface area contributed by atoms with E-state index in [1.165, 1.54) is 22.3 Å². The monoisotopic (exact) mass is 428 g/mol. The highest BCUT2D eigenvalue weighted by Gasteiger charge is 2.30. The predicted molar refractivity (Wildman–Crippen MR) is 126 cm³/mol. The summed E-state index contributed by atoms with van der Waals surface area (Å²) in [5, 5.41) is 4.43. The summed E-state index contributed by atoms with van der Waals surface area (Å²) < 4.78 is 2.00. The molecule has 5 nitrogen and oxygen atoms in total. The number of carbonyl (C=O) groups excluding carboxylic acids is 1. The minimum absolute atomic E-state index is 0.242. The maximum atomic E-state index is 13.3. The molecule has 0 spiro atoms. The van der Waals surface area contributed by atoms with Gasteiger partial charge in [0.25, 0.3) is 0 Å². The number of benzene rings is 2. The van der Waals surface area contributed by atoms with Gasteiger partial charge in [0.05, 0.1) is 12.7 Å². The zero-order chi connectivity index (χ0) is 21.9. The molecular weight excluding hydrogens is 396 g/mol. The number of nitrogens with zero attached hydrogens (tertiary/aromatic N) is 4. The first kappa shape index (κ1) is 21.0. The largest absolute Gasteiger partial charge is 0.336 e. The van der Waals surface area contributed by atoms with Crippen LogP contribution in [0.4, 0.5) is 0 Å². The molecule has 3 aromatic rings. The highest BCUT2D eigenvalue weighted by molar-refractivity contribution is 5.79. The zero-order valence-corrected chi connectivity index (χ0v) is 18.9. The van der Waals surface area contributed by atoms with E-state index < -0.39 is 0 Å². The first-order valence-corrected chi connectivity index (χ1v) is 11.9. The molecule has 2 aliphatic heterocycles. The maximum Gasteiger partial charge on any atom is 0.237 e. The fourth-order valence-electron chi connectivity index (χ4n) is 5.25. The standard InChI is InChI=1S/C27H32N4O/c1-2-31-18-24(16-28-31)21-12-14-29(15-13-21)20-27(32)30-17-23-10-6-7-11-25(23)26(19-30)22-8-4-3-5-9-22/h3-11,16,18,21,26H,2,12-15,17,19-20H2,1H3. The highest BCUT2D eigenvalue weighted by atomic mass is 16.2. The van der Waals surface area contributed by atoms with Crippen LogP contribution in [0.15, 0.2) is 67.0 Å². The lowest BCUT2D eigenvalue weighted by Gasteiger charge is -2.37. The molecule has 0 bridgehead atoms. The molecule has 0 aliphatic carbocycles. The molecule has 1 aromatic heterocycles. The third-order valence-corrected chi connectivity index (χ3v) is 7.14. The topological polar surface area (TPSA) is 41.4 Å². The van der Waals surface area contributed by atoms with Crippen molar-refractivity contribution in [1.82, 2.24) is 19.6 Å². The predicted octanol–water partition coefficient (Wildman–Crippen LogP) is 4.26. The van der Waals surface area contributed by atoms with Crippen LogP contribution in [0.1, 0.15) is 53.9 Å². The van der Waals surface area contributed by atoms with E-state index in [0.29, 0.717) is 19.0 Å². The fourth-order valence-corrected chi connectivity index (χ4v) is 5.25. The quantitative estimate of drug-likeness (QED) is 0.610. The van der Waals surface area contributed by atoms with Crippen molar-refractivity contribution in [2.24, 2.45) is 0 Å². The lowest BCUT2D eigenvalue weighted by atomic mass is 9.84. The Morgan fingerprint density at radius 3 is 2.50 bits per heavy atom. The summed E-state index contributed by atoms with van der Waals surface area (Å²) in [6.07, 6.45) is 6.39. The molecule has 0 radical (unpaired) electrons.